The molecule has 68 valence electrons. The van der Waals surface area contributed by atoms with Crippen LogP contribution in [0.2, 0.25) is 0 Å². The first kappa shape index (κ1) is 11.2. The van der Waals surface area contributed by atoms with E-state index in [-0.39, 0.29) is 0 Å². The SMILES string of the molecule is CCCCC=CC=CC=C(C)C. The van der Waals surface area contributed by atoms with Gasteiger partial charge in [0.2, 0.25) is 0 Å². The molecule has 0 nitrogen and oxygen atoms in total. The van der Waals surface area contributed by atoms with Crippen LogP contribution in [-0.2, 0) is 0 Å². The lowest BCUT2D eigenvalue weighted by atomic mass is 10.2. The molecule has 0 spiro atoms. The number of allylic oxidation sites excluding steroid dienone is 6. The van der Waals surface area contributed by atoms with Gasteiger partial charge in [0.1, 0.15) is 0 Å². The first-order chi connectivity index (χ1) is 5.77. The number of unbranched alkanes of at least 4 members (excludes halogenated alkanes) is 2. The minimum absolute atomic E-state index is 1.20. The summed E-state index contributed by atoms with van der Waals surface area (Å²) in [4.78, 5) is 0. The highest BCUT2D eigenvalue weighted by Crippen LogP contribution is 1.95. The molecule has 0 saturated carbocycles. The third-order valence-corrected chi connectivity index (χ3v) is 1.51. The monoisotopic (exact) mass is 164 g/mol. The van der Waals surface area contributed by atoms with Gasteiger partial charge in [0.25, 0.3) is 0 Å². The Labute approximate surface area is 76.7 Å². The van der Waals surface area contributed by atoms with Gasteiger partial charge in [-0.3, -0.25) is 0 Å². The quantitative estimate of drug-likeness (QED) is 0.421. The van der Waals surface area contributed by atoms with E-state index in [9.17, 15) is 0 Å². The van der Waals surface area contributed by atoms with E-state index in [4.69, 9.17) is 0 Å². The lowest BCUT2D eigenvalue weighted by Crippen LogP contribution is -1.65. The molecule has 0 N–H and O–H groups in total. The Hall–Kier alpha value is -0.780. The molecule has 0 heteroatoms. The van der Waals surface area contributed by atoms with Gasteiger partial charge in [0, 0.05) is 0 Å². The maximum absolute atomic E-state index is 2.22. The van der Waals surface area contributed by atoms with Gasteiger partial charge in [-0.05, 0) is 20.3 Å². The smallest absolute Gasteiger partial charge is 0.0348 e. The average molecular weight is 164 g/mol. The fourth-order valence-corrected chi connectivity index (χ4v) is 0.809. The normalized spacial score (nSPS) is 11.2. The zero-order valence-corrected chi connectivity index (χ0v) is 8.51. The number of hydrogen-bond donors (Lipinski definition) is 0. The van der Waals surface area contributed by atoms with E-state index in [0.717, 1.165) is 0 Å². The standard InChI is InChI=1S/C12H20/c1-4-5-6-7-8-9-10-11-12(2)3/h7-11H,4-6H2,1-3H3. The first-order valence-corrected chi connectivity index (χ1v) is 4.74. The topological polar surface area (TPSA) is 0 Å². The van der Waals surface area contributed by atoms with Crippen molar-refractivity contribution < 1.29 is 0 Å². The van der Waals surface area contributed by atoms with Crippen molar-refractivity contribution in [2.75, 3.05) is 0 Å². The lowest BCUT2D eigenvalue weighted by molar-refractivity contribution is 0.815. The Morgan fingerprint density at radius 1 is 1.08 bits per heavy atom. The molecule has 0 atom stereocenters. The van der Waals surface area contributed by atoms with Crippen LogP contribution >= 0.6 is 0 Å². The molecule has 0 aromatic rings. The summed E-state index contributed by atoms with van der Waals surface area (Å²) < 4.78 is 0. The maximum atomic E-state index is 2.22. The summed E-state index contributed by atoms with van der Waals surface area (Å²) in [6.07, 6.45) is 14.4. The molecule has 0 aliphatic rings. The van der Waals surface area contributed by atoms with Gasteiger partial charge in [-0.1, -0.05) is 55.7 Å². The molecule has 0 aliphatic heterocycles. The Balaban J connectivity index is 3.46. The van der Waals surface area contributed by atoms with Crippen LogP contribution in [0.4, 0.5) is 0 Å². The van der Waals surface area contributed by atoms with Crippen molar-refractivity contribution in [3.05, 3.63) is 36.0 Å². The largest absolute Gasteiger partial charge is 0.0845 e. The van der Waals surface area contributed by atoms with E-state index in [0.29, 0.717) is 0 Å². The van der Waals surface area contributed by atoms with E-state index >= 15 is 0 Å². The number of hydrogen-bond acceptors (Lipinski definition) is 0. The second kappa shape index (κ2) is 8.32. The fraction of sp³-hybridized carbons (Fsp3) is 0.500. The fourth-order valence-electron chi connectivity index (χ4n) is 0.809. The highest BCUT2D eigenvalue weighted by Gasteiger charge is 1.75. The lowest BCUT2D eigenvalue weighted by Gasteiger charge is -1.85. The molecule has 0 aromatic carbocycles. The van der Waals surface area contributed by atoms with E-state index < -0.39 is 0 Å². The molecule has 0 aliphatic carbocycles. The Bertz CT molecular complexity index is 166. The molecule has 0 heterocycles. The van der Waals surface area contributed by atoms with Gasteiger partial charge >= 0.3 is 0 Å². The molecule has 0 aromatic heterocycles. The zero-order chi connectivity index (χ0) is 9.23. The third kappa shape index (κ3) is 9.22. The molecule has 0 rings (SSSR count). The molecular weight excluding hydrogens is 144 g/mol. The summed E-state index contributed by atoms with van der Waals surface area (Å²) in [5, 5.41) is 0. The average Bonchev–Trinajstić information content (AvgIpc) is 2.02. The van der Waals surface area contributed by atoms with Crippen LogP contribution in [0.3, 0.4) is 0 Å². The molecule has 0 radical (unpaired) electrons. The number of rotatable bonds is 5. The van der Waals surface area contributed by atoms with E-state index in [1.54, 1.807) is 0 Å². The van der Waals surface area contributed by atoms with Gasteiger partial charge in [0.15, 0.2) is 0 Å². The van der Waals surface area contributed by atoms with Crippen molar-refractivity contribution in [1.29, 1.82) is 0 Å². The van der Waals surface area contributed by atoms with Crippen molar-refractivity contribution >= 4 is 0 Å². The minimum Gasteiger partial charge on any atom is -0.0845 e. The molecule has 0 fully saturated rings. The Morgan fingerprint density at radius 2 is 1.83 bits per heavy atom. The van der Waals surface area contributed by atoms with Gasteiger partial charge < -0.3 is 0 Å². The third-order valence-electron chi connectivity index (χ3n) is 1.51. The molecule has 0 unspecified atom stereocenters. The predicted molar refractivity (Wildman–Crippen MR) is 57.2 cm³/mol. The van der Waals surface area contributed by atoms with Crippen molar-refractivity contribution in [3.63, 3.8) is 0 Å². The van der Waals surface area contributed by atoms with Crippen LogP contribution in [0.15, 0.2) is 36.0 Å². The maximum Gasteiger partial charge on any atom is -0.0348 e. The summed E-state index contributed by atoms with van der Waals surface area (Å²) in [6.45, 7) is 6.42. The second-order valence-electron chi connectivity index (χ2n) is 3.20. The van der Waals surface area contributed by atoms with Crippen molar-refractivity contribution in [1.82, 2.24) is 0 Å². The van der Waals surface area contributed by atoms with E-state index in [1.807, 2.05) is 0 Å². The van der Waals surface area contributed by atoms with Crippen LogP contribution in [0.1, 0.15) is 40.0 Å². The summed E-state index contributed by atoms with van der Waals surface area (Å²) in [5.41, 5.74) is 1.34. The van der Waals surface area contributed by atoms with Gasteiger partial charge in [-0.25, -0.2) is 0 Å². The van der Waals surface area contributed by atoms with Gasteiger partial charge in [-0.15, -0.1) is 0 Å². The van der Waals surface area contributed by atoms with Crippen LogP contribution in [0.5, 0.6) is 0 Å². The summed E-state index contributed by atoms with van der Waals surface area (Å²) in [6, 6.07) is 0. The molecule has 12 heavy (non-hydrogen) atoms. The van der Waals surface area contributed by atoms with E-state index in [2.05, 4.69) is 51.2 Å². The Morgan fingerprint density at radius 3 is 2.42 bits per heavy atom. The molecule has 0 amide bonds. The molecule has 0 saturated heterocycles. The van der Waals surface area contributed by atoms with Gasteiger partial charge in [0.05, 0.1) is 0 Å². The first-order valence-electron chi connectivity index (χ1n) is 4.74. The van der Waals surface area contributed by atoms with Crippen LogP contribution < -0.4 is 0 Å². The highest BCUT2D eigenvalue weighted by molar-refractivity contribution is 5.13. The Kier molecular flexibility index (Phi) is 7.78. The van der Waals surface area contributed by atoms with Crippen molar-refractivity contribution in [2.45, 2.75) is 40.0 Å². The predicted octanol–water partition coefficient (Wildman–Crippen LogP) is 4.26. The van der Waals surface area contributed by atoms with Crippen LogP contribution in [0, 0.1) is 0 Å². The van der Waals surface area contributed by atoms with E-state index in [1.165, 1.54) is 24.8 Å². The van der Waals surface area contributed by atoms with Gasteiger partial charge in [-0.2, -0.15) is 0 Å². The zero-order valence-electron chi connectivity index (χ0n) is 8.51. The summed E-state index contributed by atoms with van der Waals surface area (Å²) in [5.74, 6) is 0. The molecule has 0 bridgehead atoms. The highest BCUT2D eigenvalue weighted by atomic mass is 13.8. The minimum atomic E-state index is 1.20. The van der Waals surface area contributed by atoms with Crippen molar-refractivity contribution in [2.24, 2.45) is 0 Å². The molecular formula is C12H20. The summed E-state index contributed by atoms with van der Waals surface area (Å²) >= 11 is 0. The van der Waals surface area contributed by atoms with Crippen molar-refractivity contribution in [3.8, 4) is 0 Å². The summed E-state index contributed by atoms with van der Waals surface area (Å²) in [7, 11) is 0. The van der Waals surface area contributed by atoms with Crippen LogP contribution in [-0.4, -0.2) is 0 Å². The van der Waals surface area contributed by atoms with Crippen LogP contribution in [0.25, 0.3) is 0 Å². The second-order valence-corrected chi connectivity index (χ2v) is 3.20.